The Morgan fingerprint density at radius 3 is 0.706 bits per heavy atom. The topological polar surface area (TPSA) is 110 Å². The zero-order valence-corrected chi connectivity index (χ0v) is 7.60. The molecule has 0 bridgehead atoms. The van der Waals surface area contributed by atoms with Gasteiger partial charge in [0.2, 0.25) is 0 Å². The quantitative estimate of drug-likeness (QED) is 0.357. The summed E-state index contributed by atoms with van der Waals surface area (Å²) in [5.41, 5.74) is 0. The number of carboxylic acids is 2. The molecule has 0 aromatic rings. The monoisotopic (exact) mass is 281 g/mol. The molecular weight excluding hydrogens is 276 g/mol. The van der Waals surface area contributed by atoms with E-state index >= 15 is 0 Å². The van der Waals surface area contributed by atoms with Gasteiger partial charge in [-0.2, -0.15) is 0 Å². The van der Waals surface area contributed by atoms with Crippen molar-refractivity contribution in [2.24, 2.45) is 0 Å². The van der Waals surface area contributed by atoms with E-state index in [9.17, 15) is 34.5 Å². The van der Waals surface area contributed by atoms with Crippen LogP contribution in [-0.2, 0) is 9.59 Å². The number of hydrogen-bond donors (Lipinski definition) is 3. The van der Waals surface area contributed by atoms with Crippen LogP contribution in [0.5, 0.6) is 0 Å². The fourth-order valence-corrected chi connectivity index (χ4v) is 0. The molecule has 0 unspecified atom stereocenters. The molecule has 0 spiro atoms. The molecule has 0 aliphatic heterocycles. The molecule has 0 saturated carbocycles. The van der Waals surface area contributed by atoms with Crippen LogP contribution in [0.25, 0.3) is 0 Å². The molecule has 106 valence electrons. The first kappa shape index (κ1) is 24.6. The molecule has 0 amide bonds. The summed E-state index contributed by atoms with van der Waals surface area (Å²) < 4.78 is 78.0. The molecule has 0 atom stereocenters. The van der Waals surface area contributed by atoms with Gasteiger partial charge in [-0.15, -0.1) is 0 Å². The first-order valence-corrected chi connectivity index (χ1v) is 2.85. The van der Waals surface area contributed by atoms with Gasteiger partial charge in [0.15, 0.2) is 0 Å². The maximum Gasteiger partial charge on any atom is 0.673 e. The molecule has 0 aliphatic carbocycles. The van der Waals surface area contributed by atoms with Gasteiger partial charge in [-0.25, -0.2) is 9.59 Å². The fraction of sp³-hybridized carbons (Fsp3) is 0. The molecule has 5 N–H and O–H groups in total. The van der Waals surface area contributed by atoms with Crippen LogP contribution in [0.4, 0.5) is 34.5 Å². The van der Waals surface area contributed by atoms with Crippen molar-refractivity contribution < 1.29 is 54.3 Å². The highest BCUT2D eigenvalue weighted by molar-refractivity contribution is 6.50. The summed E-state index contributed by atoms with van der Waals surface area (Å²) in [4.78, 5) is 18.2. The summed E-state index contributed by atoms with van der Waals surface area (Å²) in [7, 11) is -12.0. The molecule has 15 heteroatoms. The predicted molar refractivity (Wildman–Crippen MR) is 40.7 cm³/mol. The highest BCUT2D eigenvalue weighted by atomic mass is 19.5. The van der Waals surface area contributed by atoms with Crippen molar-refractivity contribution in [3.63, 3.8) is 0 Å². The Hall–Kier alpha value is -1.53. The number of aliphatic carboxylic acids is 2. The second-order valence-corrected chi connectivity index (χ2v) is 1.60. The summed E-state index contributed by atoms with van der Waals surface area (Å²) >= 11 is 0. The predicted octanol–water partition coefficient (Wildman–Crippen LogP) is 1.92. The number of rotatable bonds is 0. The Kier molecular flexibility index (Phi) is 14.0. The maximum atomic E-state index is 9.75. The van der Waals surface area contributed by atoms with E-state index in [1.54, 1.807) is 0 Å². The van der Waals surface area contributed by atoms with Gasteiger partial charge in [0, 0.05) is 0 Å². The lowest BCUT2D eigenvalue weighted by Crippen LogP contribution is -2.09. The van der Waals surface area contributed by atoms with E-state index in [0.29, 0.717) is 0 Å². The van der Waals surface area contributed by atoms with Crippen LogP contribution in [0.1, 0.15) is 0 Å². The molecule has 17 heavy (non-hydrogen) atoms. The highest BCUT2D eigenvalue weighted by Crippen LogP contribution is 2.07. The molecule has 5 nitrogen and oxygen atoms in total. The molecule has 0 aliphatic rings. The van der Waals surface area contributed by atoms with E-state index in [1.165, 1.54) is 0 Å². The van der Waals surface area contributed by atoms with Crippen molar-refractivity contribution in [3.8, 4) is 0 Å². The smallest absolute Gasteiger partial charge is 0.473 e. The van der Waals surface area contributed by atoms with E-state index in [1.807, 2.05) is 0 Å². The summed E-state index contributed by atoms with van der Waals surface area (Å²) in [5, 5.41) is 14.8. The first-order valence-electron chi connectivity index (χ1n) is 2.85. The van der Waals surface area contributed by atoms with E-state index < -0.39 is 26.4 Å². The lowest BCUT2D eigenvalue weighted by atomic mass is 10.3. The van der Waals surface area contributed by atoms with Gasteiger partial charge in [0.05, 0.1) is 0 Å². The van der Waals surface area contributed by atoms with Crippen LogP contribution >= 0.6 is 0 Å². The summed E-state index contributed by atoms with van der Waals surface area (Å²) in [5.74, 6) is -3.65. The zero-order valence-electron chi connectivity index (χ0n) is 7.60. The van der Waals surface area contributed by atoms with Crippen LogP contribution in [0.3, 0.4) is 0 Å². The Labute approximate surface area is 88.2 Å². The minimum absolute atomic E-state index is 0. The second kappa shape index (κ2) is 9.68. The molecule has 0 aromatic heterocycles. The number of halogens is 8. The van der Waals surface area contributed by atoms with Gasteiger partial charge < -0.3 is 50.9 Å². The van der Waals surface area contributed by atoms with E-state index in [2.05, 4.69) is 0 Å². The van der Waals surface area contributed by atoms with Crippen molar-refractivity contribution in [1.82, 2.24) is 6.15 Å². The Bertz CT molecular complexity index is 191. The summed E-state index contributed by atoms with van der Waals surface area (Å²) in [6, 6.07) is 0. The van der Waals surface area contributed by atoms with Crippen LogP contribution in [0, 0.1) is 0 Å². The average Bonchev–Trinajstić information content (AvgIpc) is 1.77. The van der Waals surface area contributed by atoms with Gasteiger partial charge in [-0.3, -0.25) is 0 Å². The van der Waals surface area contributed by atoms with Crippen molar-refractivity contribution in [3.05, 3.63) is 0 Å². The van der Waals surface area contributed by atoms with Crippen molar-refractivity contribution in [2.75, 3.05) is 0 Å². The fourth-order valence-electron chi connectivity index (χ4n) is 0. The third-order valence-electron chi connectivity index (χ3n) is 0.183. The number of hydrogen-bond acceptors (Lipinski definition) is 3. The lowest BCUT2D eigenvalue weighted by Gasteiger charge is -1.94. The Balaban J connectivity index is -0.0000000729. The summed E-state index contributed by atoms with van der Waals surface area (Å²) in [6.45, 7) is 0. The molecular formula is C2H5B2F8NO4-2. The van der Waals surface area contributed by atoms with E-state index in [0.717, 1.165) is 0 Å². The highest BCUT2D eigenvalue weighted by Gasteiger charge is 2.21. The van der Waals surface area contributed by atoms with Gasteiger partial charge in [-0.1, -0.05) is 0 Å². The van der Waals surface area contributed by atoms with Gasteiger partial charge in [0.25, 0.3) is 0 Å². The maximum absolute atomic E-state index is 9.75. The van der Waals surface area contributed by atoms with Crippen molar-refractivity contribution >= 4 is 26.4 Å². The third-order valence-corrected chi connectivity index (χ3v) is 0.183. The minimum atomic E-state index is -6.00. The number of carbonyl (C=O) groups is 2. The van der Waals surface area contributed by atoms with Crippen molar-refractivity contribution in [2.45, 2.75) is 0 Å². The normalized spacial score (nSPS) is 9.65. The van der Waals surface area contributed by atoms with Crippen LogP contribution in [-0.4, -0.2) is 36.7 Å². The third kappa shape index (κ3) is 369. The molecule has 0 radical (unpaired) electrons. The van der Waals surface area contributed by atoms with E-state index in [4.69, 9.17) is 19.8 Å². The molecule has 0 fully saturated rings. The zero-order chi connectivity index (χ0) is 14.2. The molecule has 0 heterocycles. The largest absolute Gasteiger partial charge is 0.673 e. The van der Waals surface area contributed by atoms with Gasteiger partial charge in [-0.05, 0) is 0 Å². The van der Waals surface area contributed by atoms with Gasteiger partial charge in [0.1, 0.15) is 0 Å². The number of carboxylic acid groups (broad SMARTS) is 2. The standard InChI is InChI=1S/C2H2O4.2BF4.H3N/c3-1(4)2(5)6;2*2-1(3,4)5;/h(H,3,4)(H,5,6);;;1H3/q;2*-1;. The van der Waals surface area contributed by atoms with Crippen molar-refractivity contribution in [1.29, 1.82) is 0 Å². The molecule has 0 rings (SSSR count). The van der Waals surface area contributed by atoms with Crippen LogP contribution < -0.4 is 6.15 Å². The Morgan fingerprint density at radius 1 is 0.647 bits per heavy atom. The molecule has 0 saturated heterocycles. The van der Waals surface area contributed by atoms with Gasteiger partial charge >= 0.3 is 26.4 Å². The van der Waals surface area contributed by atoms with Crippen LogP contribution in [0.2, 0.25) is 0 Å². The summed E-state index contributed by atoms with van der Waals surface area (Å²) in [6.07, 6.45) is 0. The average molecular weight is 281 g/mol. The SMILES string of the molecule is F[B-](F)(F)F.F[B-](F)(F)F.N.O=C(O)C(=O)O. The van der Waals surface area contributed by atoms with Crippen LogP contribution in [0.15, 0.2) is 0 Å². The second-order valence-electron chi connectivity index (χ2n) is 1.60. The lowest BCUT2D eigenvalue weighted by molar-refractivity contribution is -0.159. The Morgan fingerprint density at radius 2 is 0.706 bits per heavy atom. The van der Waals surface area contributed by atoms with E-state index in [-0.39, 0.29) is 6.15 Å². The first-order chi connectivity index (χ1) is 6.64. The minimum Gasteiger partial charge on any atom is -0.473 e. The molecule has 0 aromatic carbocycles.